The molecule has 106 valence electrons. The normalized spacial score (nSPS) is 10.8. The molecule has 0 saturated carbocycles. The molecule has 0 fully saturated rings. The van der Waals surface area contributed by atoms with Crippen LogP contribution in [0.5, 0.6) is 0 Å². The van der Waals surface area contributed by atoms with Gasteiger partial charge in [-0.1, -0.05) is 23.7 Å². The van der Waals surface area contributed by atoms with Crippen molar-refractivity contribution in [1.29, 1.82) is 0 Å². The van der Waals surface area contributed by atoms with Gasteiger partial charge in [0.2, 0.25) is 0 Å². The fourth-order valence-electron chi connectivity index (χ4n) is 2.21. The monoisotopic (exact) mass is 299 g/mol. The van der Waals surface area contributed by atoms with E-state index in [1.807, 2.05) is 29.8 Å². The fraction of sp³-hybridized carbons (Fsp3) is 0.125. The van der Waals surface area contributed by atoms with Crippen molar-refractivity contribution in [1.82, 2.24) is 14.9 Å². The van der Waals surface area contributed by atoms with Crippen molar-refractivity contribution in [2.45, 2.75) is 6.54 Å². The van der Waals surface area contributed by atoms with Crippen molar-refractivity contribution < 1.29 is 4.79 Å². The lowest BCUT2D eigenvalue weighted by molar-refractivity contribution is 0.0951. The average molecular weight is 300 g/mol. The van der Waals surface area contributed by atoms with Crippen LogP contribution in [0.3, 0.4) is 0 Å². The molecule has 0 radical (unpaired) electrons. The molecule has 21 heavy (non-hydrogen) atoms. The van der Waals surface area contributed by atoms with Crippen molar-refractivity contribution >= 4 is 28.5 Å². The van der Waals surface area contributed by atoms with Gasteiger partial charge in [-0.25, -0.2) is 4.98 Å². The van der Waals surface area contributed by atoms with Crippen LogP contribution in [-0.4, -0.2) is 15.5 Å². The zero-order valence-corrected chi connectivity index (χ0v) is 12.3. The first kappa shape index (κ1) is 13.6. The minimum atomic E-state index is -0.140. The molecule has 0 bridgehead atoms. The minimum Gasteiger partial charge on any atom is -0.348 e. The summed E-state index contributed by atoms with van der Waals surface area (Å²) in [6.45, 7) is 0.456. The van der Waals surface area contributed by atoms with E-state index in [1.54, 1.807) is 30.6 Å². The molecule has 0 aliphatic carbocycles. The first-order valence-electron chi connectivity index (χ1n) is 6.57. The predicted octanol–water partition coefficient (Wildman–Crippen LogP) is 3.16. The lowest BCUT2D eigenvalue weighted by Gasteiger charge is -2.06. The molecule has 2 aromatic carbocycles. The number of nitrogens with zero attached hydrogens (tertiary/aromatic N) is 2. The van der Waals surface area contributed by atoms with Crippen LogP contribution in [0.15, 0.2) is 48.8 Å². The topological polar surface area (TPSA) is 46.9 Å². The minimum absolute atomic E-state index is 0.140. The number of hydrogen-bond acceptors (Lipinski definition) is 2. The number of amides is 1. The second kappa shape index (κ2) is 5.58. The molecule has 0 atom stereocenters. The van der Waals surface area contributed by atoms with E-state index in [0.29, 0.717) is 17.1 Å². The van der Waals surface area contributed by atoms with E-state index >= 15 is 0 Å². The highest BCUT2D eigenvalue weighted by molar-refractivity contribution is 6.30. The largest absolute Gasteiger partial charge is 0.348 e. The Hall–Kier alpha value is -2.33. The first-order chi connectivity index (χ1) is 10.1. The molecule has 1 N–H and O–H groups in total. The van der Waals surface area contributed by atoms with Crippen LogP contribution in [0, 0.1) is 0 Å². The third kappa shape index (κ3) is 2.90. The third-order valence-electron chi connectivity index (χ3n) is 3.33. The lowest BCUT2D eigenvalue weighted by atomic mass is 10.1. The highest BCUT2D eigenvalue weighted by Gasteiger charge is 2.06. The number of nitrogens with one attached hydrogen (secondary N) is 1. The Morgan fingerprint density at radius 3 is 2.95 bits per heavy atom. The molecule has 0 saturated heterocycles. The Kier molecular flexibility index (Phi) is 3.62. The van der Waals surface area contributed by atoms with Crippen molar-refractivity contribution in [3.05, 3.63) is 64.9 Å². The van der Waals surface area contributed by atoms with Crippen molar-refractivity contribution in [3.63, 3.8) is 0 Å². The van der Waals surface area contributed by atoms with Gasteiger partial charge in [-0.3, -0.25) is 4.79 Å². The fourth-order valence-corrected chi connectivity index (χ4v) is 2.40. The van der Waals surface area contributed by atoms with Gasteiger partial charge in [0.25, 0.3) is 5.91 Å². The standard InChI is InChI=1S/C16H14ClN3O/c1-20-10-19-14-7-11(5-6-15(14)20)9-18-16(21)12-3-2-4-13(17)8-12/h2-8,10H,9H2,1H3,(H,18,21). The number of hydrogen-bond donors (Lipinski definition) is 1. The van der Waals surface area contributed by atoms with Crippen LogP contribution in [0.2, 0.25) is 5.02 Å². The van der Waals surface area contributed by atoms with Crippen LogP contribution >= 0.6 is 11.6 Å². The molecule has 5 heteroatoms. The van der Waals surface area contributed by atoms with E-state index in [0.717, 1.165) is 16.6 Å². The summed E-state index contributed by atoms with van der Waals surface area (Å²) in [5.74, 6) is -0.140. The van der Waals surface area contributed by atoms with E-state index < -0.39 is 0 Å². The van der Waals surface area contributed by atoms with E-state index in [9.17, 15) is 4.79 Å². The van der Waals surface area contributed by atoms with Crippen molar-refractivity contribution in [3.8, 4) is 0 Å². The summed E-state index contributed by atoms with van der Waals surface area (Å²) in [7, 11) is 1.95. The molecule has 3 aromatic rings. The van der Waals surface area contributed by atoms with Crippen LogP contribution in [0.25, 0.3) is 11.0 Å². The maximum Gasteiger partial charge on any atom is 0.251 e. The van der Waals surface area contributed by atoms with Gasteiger partial charge < -0.3 is 9.88 Å². The van der Waals surface area contributed by atoms with Gasteiger partial charge >= 0.3 is 0 Å². The number of rotatable bonds is 3. The Labute approximate surface area is 127 Å². The average Bonchev–Trinajstić information content (AvgIpc) is 2.86. The molecule has 1 aromatic heterocycles. The van der Waals surface area contributed by atoms with Gasteiger partial charge in [0, 0.05) is 24.2 Å². The highest BCUT2D eigenvalue weighted by atomic mass is 35.5. The van der Waals surface area contributed by atoms with Crippen LogP contribution in [0.1, 0.15) is 15.9 Å². The molecular weight excluding hydrogens is 286 g/mol. The van der Waals surface area contributed by atoms with Gasteiger partial charge in [-0.15, -0.1) is 0 Å². The summed E-state index contributed by atoms with van der Waals surface area (Å²) in [6.07, 6.45) is 1.78. The summed E-state index contributed by atoms with van der Waals surface area (Å²) in [5.41, 5.74) is 3.56. The van der Waals surface area contributed by atoms with Crippen LogP contribution in [-0.2, 0) is 13.6 Å². The van der Waals surface area contributed by atoms with Gasteiger partial charge in [-0.05, 0) is 35.9 Å². The smallest absolute Gasteiger partial charge is 0.251 e. The molecule has 0 aliphatic heterocycles. The number of aromatic nitrogens is 2. The Balaban J connectivity index is 1.72. The molecule has 1 heterocycles. The van der Waals surface area contributed by atoms with E-state index in [2.05, 4.69) is 10.3 Å². The Morgan fingerprint density at radius 2 is 2.14 bits per heavy atom. The zero-order valence-electron chi connectivity index (χ0n) is 11.5. The molecule has 0 aliphatic rings. The lowest BCUT2D eigenvalue weighted by Crippen LogP contribution is -2.22. The molecule has 0 spiro atoms. The van der Waals surface area contributed by atoms with E-state index in [-0.39, 0.29) is 5.91 Å². The quantitative estimate of drug-likeness (QED) is 0.807. The molecule has 0 unspecified atom stereocenters. The second-order valence-electron chi connectivity index (χ2n) is 4.87. The van der Waals surface area contributed by atoms with Crippen LogP contribution < -0.4 is 5.32 Å². The van der Waals surface area contributed by atoms with Crippen LogP contribution in [0.4, 0.5) is 0 Å². The number of carbonyl (C=O) groups is 1. The van der Waals surface area contributed by atoms with Gasteiger partial charge in [0.05, 0.1) is 17.4 Å². The summed E-state index contributed by atoms with van der Waals surface area (Å²) in [4.78, 5) is 16.4. The summed E-state index contributed by atoms with van der Waals surface area (Å²) < 4.78 is 1.96. The number of halogens is 1. The van der Waals surface area contributed by atoms with Crippen molar-refractivity contribution in [2.24, 2.45) is 7.05 Å². The number of fused-ring (bicyclic) bond motifs is 1. The van der Waals surface area contributed by atoms with E-state index in [4.69, 9.17) is 11.6 Å². The maximum absolute atomic E-state index is 12.0. The molecule has 3 rings (SSSR count). The first-order valence-corrected chi connectivity index (χ1v) is 6.95. The number of imidazole rings is 1. The SMILES string of the molecule is Cn1cnc2cc(CNC(=O)c3cccc(Cl)c3)ccc21. The summed E-state index contributed by atoms with van der Waals surface area (Å²) >= 11 is 5.88. The van der Waals surface area contributed by atoms with E-state index in [1.165, 1.54) is 0 Å². The third-order valence-corrected chi connectivity index (χ3v) is 3.56. The van der Waals surface area contributed by atoms with Crippen molar-refractivity contribution in [2.75, 3.05) is 0 Å². The van der Waals surface area contributed by atoms with Gasteiger partial charge in [0.15, 0.2) is 0 Å². The van der Waals surface area contributed by atoms with Gasteiger partial charge in [0.1, 0.15) is 0 Å². The Morgan fingerprint density at radius 1 is 1.29 bits per heavy atom. The Bertz CT molecular complexity index is 810. The molecular formula is C16H14ClN3O. The number of carbonyl (C=O) groups excluding carboxylic acids is 1. The predicted molar refractivity (Wildman–Crippen MR) is 83.3 cm³/mol. The zero-order chi connectivity index (χ0) is 14.8. The molecule has 1 amide bonds. The number of aryl methyl sites for hydroxylation is 1. The maximum atomic E-state index is 12.0. The second-order valence-corrected chi connectivity index (χ2v) is 5.31. The summed E-state index contributed by atoms with van der Waals surface area (Å²) in [5, 5.41) is 3.44. The molecule has 4 nitrogen and oxygen atoms in total. The highest BCUT2D eigenvalue weighted by Crippen LogP contribution is 2.14. The van der Waals surface area contributed by atoms with Gasteiger partial charge in [-0.2, -0.15) is 0 Å². The number of benzene rings is 2. The summed E-state index contributed by atoms with van der Waals surface area (Å²) in [6, 6.07) is 12.9.